The maximum Gasteiger partial charge on any atom is 0.410 e. The second-order valence-corrected chi connectivity index (χ2v) is 10.3. The number of aromatic nitrogens is 3. The molecule has 1 N–H and O–H groups in total. The summed E-state index contributed by atoms with van der Waals surface area (Å²) in [7, 11) is 0. The summed E-state index contributed by atoms with van der Waals surface area (Å²) in [5.41, 5.74) is 1.55. The zero-order chi connectivity index (χ0) is 23.7. The minimum absolute atomic E-state index is 0.119. The molecule has 2 aliphatic rings. The minimum Gasteiger partial charge on any atom is -0.444 e. The number of aromatic amines is 1. The summed E-state index contributed by atoms with van der Waals surface area (Å²) in [4.78, 5) is 25.1. The summed E-state index contributed by atoms with van der Waals surface area (Å²) in [6.07, 6.45) is 11.3. The van der Waals surface area contributed by atoms with Crippen LogP contribution in [0.3, 0.4) is 0 Å². The first kappa shape index (κ1) is 26.1. The third kappa shape index (κ3) is 7.79. The highest BCUT2D eigenvalue weighted by Gasteiger charge is 2.42. The summed E-state index contributed by atoms with van der Waals surface area (Å²) in [6, 6.07) is 1.98. The van der Waals surface area contributed by atoms with Crippen molar-refractivity contribution in [3.05, 3.63) is 24.3 Å². The van der Waals surface area contributed by atoms with E-state index in [9.17, 15) is 4.79 Å². The van der Waals surface area contributed by atoms with Gasteiger partial charge in [0.25, 0.3) is 0 Å². The molecule has 4 rings (SSSR count). The first-order chi connectivity index (χ1) is 15.2. The van der Waals surface area contributed by atoms with E-state index in [4.69, 9.17) is 4.74 Å². The lowest BCUT2D eigenvalue weighted by Gasteiger charge is -2.25. The van der Waals surface area contributed by atoms with Gasteiger partial charge in [0.1, 0.15) is 17.6 Å². The monoisotopic (exact) mass is 444 g/mol. The summed E-state index contributed by atoms with van der Waals surface area (Å²) in [5, 5.41) is 1.10. The van der Waals surface area contributed by atoms with Crippen molar-refractivity contribution in [2.24, 2.45) is 17.8 Å². The van der Waals surface area contributed by atoms with Gasteiger partial charge in [0.15, 0.2) is 0 Å². The Morgan fingerprint density at radius 2 is 1.78 bits per heavy atom. The van der Waals surface area contributed by atoms with Crippen LogP contribution >= 0.6 is 0 Å². The quantitative estimate of drug-likeness (QED) is 0.568. The number of unbranched alkanes of at least 4 members (excludes halogenated alkanes) is 1. The highest BCUT2D eigenvalue weighted by atomic mass is 16.6. The predicted octanol–water partition coefficient (Wildman–Crippen LogP) is 6.75. The number of aryl methyl sites for hydroxylation is 1. The molecular formula is C26H44N4O2. The van der Waals surface area contributed by atoms with Gasteiger partial charge in [-0.05, 0) is 64.4 Å². The van der Waals surface area contributed by atoms with Crippen LogP contribution in [0.15, 0.2) is 18.6 Å². The fourth-order valence-corrected chi connectivity index (χ4v) is 4.63. The first-order valence-corrected chi connectivity index (χ1v) is 12.4. The van der Waals surface area contributed by atoms with E-state index < -0.39 is 0 Å². The fraction of sp³-hybridized carbons (Fsp3) is 0.731. The lowest BCUT2D eigenvalue weighted by Crippen LogP contribution is -2.36. The Labute approximate surface area is 194 Å². The molecule has 0 radical (unpaired) electrons. The van der Waals surface area contributed by atoms with E-state index in [2.05, 4.69) is 35.7 Å². The van der Waals surface area contributed by atoms with E-state index >= 15 is 0 Å². The van der Waals surface area contributed by atoms with Crippen LogP contribution in [0.1, 0.15) is 85.8 Å². The van der Waals surface area contributed by atoms with Crippen LogP contribution in [0, 0.1) is 24.7 Å². The highest BCUT2D eigenvalue weighted by molar-refractivity contribution is 5.77. The lowest BCUT2D eigenvalue weighted by molar-refractivity contribution is 0.0277. The molecule has 2 aromatic heterocycles. The van der Waals surface area contributed by atoms with E-state index in [0.717, 1.165) is 47.6 Å². The zero-order valence-corrected chi connectivity index (χ0v) is 21.3. The topological polar surface area (TPSA) is 71.1 Å². The van der Waals surface area contributed by atoms with E-state index in [1.165, 1.54) is 38.5 Å². The van der Waals surface area contributed by atoms with Crippen molar-refractivity contribution in [1.82, 2.24) is 19.9 Å². The van der Waals surface area contributed by atoms with Crippen molar-refractivity contribution < 1.29 is 9.53 Å². The number of nitrogens with zero attached hydrogens (tertiary/aromatic N) is 3. The van der Waals surface area contributed by atoms with Crippen molar-refractivity contribution in [3.8, 4) is 0 Å². The molecule has 2 atom stereocenters. The Kier molecular flexibility index (Phi) is 9.98. The number of hydrogen-bond acceptors (Lipinski definition) is 4. The molecule has 3 heterocycles. The molecule has 1 aliphatic heterocycles. The van der Waals surface area contributed by atoms with Crippen LogP contribution in [0.25, 0.3) is 11.0 Å². The van der Waals surface area contributed by atoms with Gasteiger partial charge in [0, 0.05) is 24.7 Å². The average molecular weight is 445 g/mol. The second kappa shape index (κ2) is 12.2. The van der Waals surface area contributed by atoms with Crippen LogP contribution in [-0.2, 0) is 4.74 Å². The summed E-state index contributed by atoms with van der Waals surface area (Å²) >= 11 is 0. The number of rotatable bonds is 3. The Morgan fingerprint density at radius 1 is 1.16 bits per heavy atom. The number of ether oxygens (including phenoxy) is 1. The van der Waals surface area contributed by atoms with Gasteiger partial charge in [-0.2, -0.15) is 0 Å². The maximum absolute atomic E-state index is 12.0. The van der Waals surface area contributed by atoms with Gasteiger partial charge in [-0.1, -0.05) is 46.5 Å². The zero-order valence-electron chi connectivity index (χ0n) is 21.3. The summed E-state index contributed by atoms with van der Waals surface area (Å²) in [5.74, 6) is 2.37. The Morgan fingerprint density at radius 3 is 2.31 bits per heavy atom. The molecule has 32 heavy (non-hydrogen) atoms. The van der Waals surface area contributed by atoms with Crippen LogP contribution in [-0.4, -0.2) is 44.6 Å². The van der Waals surface area contributed by atoms with Gasteiger partial charge >= 0.3 is 6.09 Å². The van der Waals surface area contributed by atoms with E-state index in [0.29, 0.717) is 0 Å². The lowest BCUT2D eigenvalue weighted by atomic mass is 9.99. The second-order valence-electron chi connectivity index (χ2n) is 10.3. The normalized spacial score (nSPS) is 22.0. The van der Waals surface area contributed by atoms with E-state index in [1.54, 1.807) is 6.33 Å². The molecule has 6 nitrogen and oxygen atoms in total. The number of H-pyrrole nitrogens is 1. The molecule has 1 aliphatic carbocycles. The van der Waals surface area contributed by atoms with E-state index in [1.807, 2.05) is 44.9 Å². The van der Waals surface area contributed by atoms with Crippen LogP contribution in [0.4, 0.5) is 4.79 Å². The molecule has 2 unspecified atom stereocenters. The van der Waals surface area contributed by atoms with Gasteiger partial charge in [-0.25, -0.2) is 14.8 Å². The Balaban J connectivity index is 0.000000232. The van der Waals surface area contributed by atoms with Crippen molar-refractivity contribution in [3.63, 3.8) is 0 Å². The molecule has 0 spiro atoms. The molecule has 1 saturated carbocycles. The number of likely N-dealkylation sites (tertiary alicyclic amines) is 1. The van der Waals surface area contributed by atoms with Crippen LogP contribution < -0.4 is 0 Å². The third-order valence-corrected chi connectivity index (χ3v) is 6.02. The molecule has 180 valence electrons. The number of nitrogens with one attached hydrogen (secondary N) is 1. The van der Waals surface area contributed by atoms with Gasteiger partial charge in [0.05, 0.1) is 5.69 Å². The molecule has 2 fully saturated rings. The van der Waals surface area contributed by atoms with Crippen LogP contribution in [0.5, 0.6) is 0 Å². The van der Waals surface area contributed by atoms with Gasteiger partial charge in [-0.3, -0.25) is 0 Å². The standard InChI is InChI=1S/C16H29NO2.C7H7N3.C3H8/c1-5-6-7-12-8-13-10-17(11-14(13)9-12)15(18)19-16(2,3)4;1-5-6-2-3-8-7(6)10-4-9-5;1-3-2/h12-14H,5-11H2,1-4H3;2-4H,1H3,(H,8,9,10);3H2,1-2H3. The highest BCUT2D eigenvalue weighted by Crippen LogP contribution is 2.43. The number of carbonyl (C=O) groups is 1. The molecule has 0 aromatic carbocycles. The molecule has 1 saturated heterocycles. The Hall–Kier alpha value is -2.11. The predicted molar refractivity (Wildman–Crippen MR) is 132 cm³/mol. The van der Waals surface area contributed by atoms with Crippen molar-refractivity contribution in [2.75, 3.05) is 13.1 Å². The molecule has 6 heteroatoms. The third-order valence-electron chi connectivity index (χ3n) is 6.02. The van der Waals surface area contributed by atoms with Crippen molar-refractivity contribution in [1.29, 1.82) is 0 Å². The number of carbonyl (C=O) groups excluding carboxylic acids is 1. The summed E-state index contributed by atoms with van der Waals surface area (Å²) in [6.45, 7) is 16.1. The first-order valence-electron chi connectivity index (χ1n) is 12.4. The number of amides is 1. The van der Waals surface area contributed by atoms with E-state index in [-0.39, 0.29) is 11.7 Å². The molecule has 2 aromatic rings. The number of hydrogen-bond donors (Lipinski definition) is 1. The molecule has 1 amide bonds. The van der Waals surface area contributed by atoms with Crippen molar-refractivity contribution in [2.45, 2.75) is 92.6 Å². The van der Waals surface area contributed by atoms with Gasteiger partial charge in [0.2, 0.25) is 0 Å². The largest absolute Gasteiger partial charge is 0.444 e. The Bertz CT molecular complexity index is 813. The minimum atomic E-state index is -0.377. The molecule has 0 bridgehead atoms. The van der Waals surface area contributed by atoms with Gasteiger partial charge in [-0.15, -0.1) is 0 Å². The SMILES string of the molecule is CCC.CCCCC1CC2CN(C(=O)OC(C)(C)C)CC2C1.Cc1ncnc2[nH]ccc12. The fourth-order valence-electron chi connectivity index (χ4n) is 4.63. The number of fused-ring (bicyclic) bond motifs is 2. The smallest absolute Gasteiger partial charge is 0.410 e. The van der Waals surface area contributed by atoms with Gasteiger partial charge < -0.3 is 14.6 Å². The maximum atomic E-state index is 12.0. The average Bonchev–Trinajstić information content (AvgIpc) is 3.41. The molecular weight excluding hydrogens is 400 g/mol. The van der Waals surface area contributed by atoms with Crippen LogP contribution in [0.2, 0.25) is 0 Å². The summed E-state index contributed by atoms with van der Waals surface area (Å²) < 4.78 is 5.47. The van der Waals surface area contributed by atoms with Crippen molar-refractivity contribution >= 4 is 17.1 Å².